The van der Waals surface area contributed by atoms with Crippen LogP contribution in [0.4, 0.5) is 0 Å². The van der Waals surface area contributed by atoms with E-state index >= 15 is 0 Å². The van der Waals surface area contributed by atoms with Crippen molar-refractivity contribution in [3.63, 3.8) is 0 Å². The Bertz CT molecular complexity index is 349. The lowest BCUT2D eigenvalue weighted by atomic mass is 9.97. The normalized spacial score (nSPS) is 12.6. The predicted octanol–water partition coefficient (Wildman–Crippen LogP) is 4.17. The maximum absolute atomic E-state index is 11.8. The van der Waals surface area contributed by atoms with E-state index < -0.39 is 0 Å². The van der Waals surface area contributed by atoms with Gasteiger partial charge in [-0.2, -0.15) is 0 Å². The number of carbonyl (C=O) groups excluding carboxylic acids is 1. The van der Waals surface area contributed by atoms with E-state index in [2.05, 4.69) is 22.6 Å². The highest BCUT2D eigenvalue weighted by molar-refractivity contribution is 14.1. The Morgan fingerprint density at radius 1 is 1.57 bits per heavy atom. The standard InChI is InChI=1S/C11H12ClIO/c1-3-7(2)11(14)8-4-5-10(13)9(12)6-8/h4-7H,3H2,1-2H3. The van der Waals surface area contributed by atoms with E-state index in [0.29, 0.717) is 10.6 Å². The third-order valence-electron chi connectivity index (χ3n) is 2.26. The van der Waals surface area contributed by atoms with Crippen molar-refractivity contribution in [1.29, 1.82) is 0 Å². The zero-order chi connectivity index (χ0) is 10.7. The van der Waals surface area contributed by atoms with Crippen molar-refractivity contribution in [3.8, 4) is 0 Å². The van der Waals surface area contributed by atoms with Crippen LogP contribution in [0.25, 0.3) is 0 Å². The largest absolute Gasteiger partial charge is 0.294 e. The maximum Gasteiger partial charge on any atom is 0.165 e. The molecule has 1 aromatic rings. The quantitative estimate of drug-likeness (QED) is 0.603. The van der Waals surface area contributed by atoms with Gasteiger partial charge in [0.2, 0.25) is 0 Å². The first-order valence-electron chi connectivity index (χ1n) is 4.55. The van der Waals surface area contributed by atoms with Gasteiger partial charge >= 0.3 is 0 Å². The number of hydrogen-bond donors (Lipinski definition) is 0. The fourth-order valence-electron chi connectivity index (χ4n) is 1.12. The molecule has 0 spiro atoms. The van der Waals surface area contributed by atoms with Crippen LogP contribution in [0.15, 0.2) is 18.2 Å². The average molecular weight is 323 g/mol. The highest BCUT2D eigenvalue weighted by atomic mass is 127. The molecular formula is C11H12ClIO. The second-order valence-electron chi connectivity index (χ2n) is 3.30. The van der Waals surface area contributed by atoms with Crippen LogP contribution < -0.4 is 0 Å². The molecular weight excluding hydrogens is 310 g/mol. The van der Waals surface area contributed by atoms with E-state index in [1.807, 2.05) is 26.0 Å². The third kappa shape index (κ3) is 2.70. The second-order valence-corrected chi connectivity index (χ2v) is 4.87. The molecule has 0 heterocycles. The number of benzene rings is 1. The smallest absolute Gasteiger partial charge is 0.165 e. The number of ketones is 1. The first kappa shape index (κ1) is 12.0. The molecule has 0 N–H and O–H groups in total. The van der Waals surface area contributed by atoms with Crippen LogP contribution >= 0.6 is 34.2 Å². The highest BCUT2D eigenvalue weighted by Crippen LogP contribution is 2.21. The van der Waals surface area contributed by atoms with Gasteiger partial charge < -0.3 is 0 Å². The molecule has 3 heteroatoms. The van der Waals surface area contributed by atoms with Crippen LogP contribution in [0.3, 0.4) is 0 Å². The maximum atomic E-state index is 11.8. The molecule has 0 amide bonds. The molecule has 0 aromatic heterocycles. The van der Waals surface area contributed by atoms with E-state index in [-0.39, 0.29) is 11.7 Å². The van der Waals surface area contributed by atoms with Crippen LogP contribution in [-0.2, 0) is 0 Å². The molecule has 1 unspecified atom stereocenters. The fraction of sp³-hybridized carbons (Fsp3) is 0.364. The number of Topliss-reactive ketones (excluding diaryl/α,β-unsaturated/α-hetero) is 1. The van der Waals surface area contributed by atoms with Crippen molar-refractivity contribution in [2.24, 2.45) is 5.92 Å². The van der Waals surface area contributed by atoms with Gasteiger partial charge in [-0.15, -0.1) is 0 Å². The summed E-state index contributed by atoms with van der Waals surface area (Å²) in [6.45, 7) is 3.95. The summed E-state index contributed by atoms with van der Waals surface area (Å²) in [7, 11) is 0. The molecule has 0 saturated carbocycles. The van der Waals surface area contributed by atoms with Crippen LogP contribution in [0.1, 0.15) is 30.6 Å². The van der Waals surface area contributed by atoms with Crippen LogP contribution in [0.5, 0.6) is 0 Å². The Labute approximate surface area is 103 Å². The molecule has 76 valence electrons. The highest BCUT2D eigenvalue weighted by Gasteiger charge is 2.13. The lowest BCUT2D eigenvalue weighted by Gasteiger charge is -2.07. The summed E-state index contributed by atoms with van der Waals surface area (Å²) in [6.07, 6.45) is 0.864. The molecule has 0 radical (unpaired) electrons. The molecule has 14 heavy (non-hydrogen) atoms. The summed E-state index contributed by atoms with van der Waals surface area (Å²) in [5, 5.41) is 0.653. The molecule has 1 atom stereocenters. The molecule has 1 nitrogen and oxygen atoms in total. The third-order valence-corrected chi connectivity index (χ3v) is 3.84. The summed E-state index contributed by atoms with van der Waals surface area (Å²) in [5.41, 5.74) is 0.713. The minimum absolute atomic E-state index is 0.0751. The number of halogens is 2. The first-order chi connectivity index (χ1) is 6.56. The monoisotopic (exact) mass is 322 g/mol. The zero-order valence-corrected chi connectivity index (χ0v) is 11.1. The number of hydrogen-bond acceptors (Lipinski definition) is 1. The van der Waals surface area contributed by atoms with Crippen LogP contribution in [0.2, 0.25) is 5.02 Å². The molecule has 0 saturated heterocycles. The van der Waals surface area contributed by atoms with Crippen molar-refractivity contribution < 1.29 is 4.79 Å². The fourth-order valence-corrected chi connectivity index (χ4v) is 1.64. The minimum atomic E-state index is 0.0751. The Kier molecular flexibility index (Phi) is 4.38. The summed E-state index contributed by atoms with van der Waals surface area (Å²) >= 11 is 8.09. The molecule has 0 aliphatic heterocycles. The zero-order valence-electron chi connectivity index (χ0n) is 8.18. The van der Waals surface area contributed by atoms with Gasteiger partial charge in [0.25, 0.3) is 0 Å². The van der Waals surface area contributed by atoms with Crippen molar-refractivity contribution in [2.45, 2.75) is 20.3 Å². The average Bonchev–Trinajstić information content (AvgIpc) is 2.20. The van der Waals surface area contributed by atoms with E-state index in [1.165, 1.54) is 0 Å². The molecule has 1 aromatic carbocycles. The van der Waals surface area contributed by atoms with Gasteiger partial charge in [-0.25, -0.2) is 0 Å². The van der Waals surface area contributed by atoms with Gasteiger partial charge in [0, 0.05) is 15.1 Å². The van der Waals surface area contributed by atoms with Crippen molar-refractivity contribution >= 4 is 40.0 Å². The van der Waals surface area contributed by atoms with Gasteiger partial charge in [-0.1, -0.05) is 31.5 Å². The van der Waals surface area contributed by atoms with E-state index in [0.717, 1.165) is 9.99 Å². The Morgan fingerprint density at radius 2 is 2.21 bits per heavy atom. The van der Waals surface area contributed by atoms with Gasteiger partial charge in [0.15, 0.2) is 5.78 Å². The molecule has 0 aliphatic carbocycles. The predicted molar refractivity (Wildman–Crippen MR) is 68.0 cm³/mol. The lowest BCUT2D eigenvalue weighted by Crippen LogP contribution is -2.10. The van der Waals surface area contributed by atoms with Crippen molar-refractivity contribution in [1.82, 2.24) is 0 Å². The Balaban J connectivity index is 2.97. The van der Waals surface area contributed by atoms with Crippen LogP contribution in [-0.4, -0.2) is 5.78 Å². The number of rotatable bonds is 3. The summed E-state index contributed by atoms with van der Waals surface area (Å²) in [6, 6.07) is 5.46. The molecule has 0 bridgehead atoms. The minimum Gasteiger partial charge on any atom is -0.294 e. The van der Waals surface area contributed by atoms with E-state index in [4.69, 9.17) is 11.6 Å². The molecule has 0 aliphatic rings. The molecule has 0 fully saturated rings. The van der Waals surface area contributed by atoms with E-state index in [1.54, 1.807) is 6.07 Å². The van der Waals surface area contributed by atoms with Crippen LogP contribution in [0, 0.1) is 9.49 Å². The van der Waals surface area contributed by atoms with Gasteiger partial charge in [0.1, 0.15) is 0 Å². The summed E-state index contributed by atoms with van der Waals surface area (Å²) in [4.78, 5) is 11.8. The lowest BCUT2D eigenvalue weighted by molar-refractivity contribution is 0.0927. The van der Waals surface area contributed by atoms with Gasteiger partial charge in [-0.05, 0) is 41.1 Å². The van der Waals surface area contributed by atoms with Gasteiger partial charge in [-0.3, -0.25) is 4.79 Å². The van der Waals surface area contributed by atoms with Crippen molar-refractivity contribution in [3.05, 3.63) is 32.4 Å². The summed E-state index contributed by atoms with van der Waals surface area (Å²) < 4.78 is 0.977. The topological polar surface area (TPSA) is 17.1 Å². The van der Waals surface area contributed by atoms with E-state index in [9.17, 15) is 4.79 Å². The molecule has 1 rings (SSSR count). The summed E-state index contributed by atoms with van der Waals surface area (Å²) in [5.74, 6) is 0.247. The van der Waals surface area contributed by atoms with Crippen molar-refractivity contribution in [2.75, 3.05) is 0 Å². The first-order valence-corrected chi connectivity index (χ1v) is 6.01. The Morgan fingerprint density at radius 3 is 2.71 bits per heavy atom. The second kappa shape index (κ2) is 5.12. The number of carbonyl (C=O) groups is 1. The Hall–Kier alpha value is -0.0900. The van der Waals surface area contributed by atoms with Gasteiger partial charge in [0.05, 0.1) is 5.02 Å². The SMILES string of the molecule is CCC(C)C(=O)c1ccc(I)c(Cl)c1.